The van der Waals surface area contributed by atoms with Crippen LogP contribution >= 0.6 is 11.6 Å². The average molecular weight is 238 g/mol. The van der Waals surface area contributed by atoms with E-state index in [1.54, 1.807) is 12.1 Å². The number of fused-ring (bicyclic) bond motifs is 1. The molecule has 1 amide bonds. The van der Waals surface area contributed by atoms with Crippen molar-refractivity contribution in [3.05, 3.63) is 17.3 Å². The van der Waals surface area contributed by atoms with Crippen molar-refractivity contribution < 1.29 is 4.79 Å². The van der Waals surface area contributed by atoms with Crippen LogP contribution in [0.1, 0.15) is 25.7 Å². The van der Waals surface area contributed by atoms with Crippen LogP contribution in [0.5, 0.6) is 0 Å². The number of carbonyl (C=O) groups excluding carboxylic acids is 1. The summed E-state index contributed by atoms with van der Waals surface area (Å²) in [7, 11) is 0. The standard InChI is InChI=1S/C11H12ClN3O/c12-8-4-3-7-9(14-8)15-11(10(16)13-7)5-1-2-6-11/h3-4H,1-2,5-6H2,(H,13,16)(H,14,15). The summed E-state index contributed by atoms with van der Waals surface area (Å²) in [5.74, 6) is 0.746. The van der Waals surface area contributed by atoms with Gasteiger partial charge in [0.15, 0.2) is 5.82 Å². The zero-order valence-corrected chi connectivity index (χ0v) is 9.47. The molecular formula is C11H12ClN3O. The van der Waals surface area contributed by atoms with Gasteiger partial charge in [0.1, 0.15) is 10.7 Å². The van der Waals surface area contributed by atoms with E-state index < -0.39 is 5.54 Å². The highest BCUT2D eigenvalue weighted by molar-refractivity contribution is 6.29. The Morgan fingerprint density at radius 1 is 1.31 bits per heavy atom. The summed E-state index contributed by atoms with van der Waals surface area (Å²) in [6, 6.07) is 3.45. The van der Waals surface area contributed by atoms with Gasteiger partial charge in [-0.2, -0.15) is 0 Å². The van der Waals surface area contributed by atoms with Crippen molar-refractivity contribution >= 4 is 29.0 Å². The summed E-state index contributed by atoms with van der Waals surface area (Å²) in [5.41, 5.74) is 0.261. The third kappa shape index (κ3) is 1.37. The molecule has 1 aromatic heterocycles. The average Bonchev–Trinajstić information content (AvgIpc) is 2.70. The molecule has 84 valence electrons. The quantitative estimate of drug-likeness (QED) is 0.682. The molecule has 16 heavy (non-hydrogen) atoms. The molecule has 5 heteroatoms. The smallest absolute Gasteiger partial charge is 0.250 e. The van der Waals surface area contributed by atoms with E-state index in [0.717, 1.165) is 25.7 Å². The van der Waals surface area contributed by atoms with Gasteiger partial charge in [-0.3, -0.25) is 4.79 Å². The fraction of sp³-hybridized carbons (Fsp3) is 0.455. The summed E-state index contributed by atoms with van der Waals surface area (Å²) in [6.07, 6.45) is 3.89. The summed E-state index contributed by atoms with van der Waals surface area (Å²) in [5, 5.41) is 6.59. The van der Waals surface area contributed by atoms with E-state index in [1.165, 1.54) is 0 Å². The number of aromatic nitrogens is 1. The van der Waals surface area contributed by atoms with Crippen LogP contribution in [0.25, 0.3) is 0 Å². The maximum absolute atomic E-state index is 12.0. The Labute approximate surface area is 98.4 Å². The van der Waals surface area contributed by atoms with Gasteiger partial charge in [0.05, 0.1) is 5.69 Å². The first-order valence-corrected chi connectivity index (χ1v) is 5.84. The molecule has 0 bridgehead atoms. The van der Waals surface area contributed by atoms with Gasteiger partial charge >= 0.3 is 0 Å². The van der Waals surface area contributed by atoms with Crippen molar-refractivity contribution in [3.8, 4) is 0 Å². The van der Waals surface area contributed by atoms with Gasteiger partial charge in [-0.05, 0) is 25.0 Å². The fourth-order valence-corrected chi connectivity index (χ4v) is 2.63. The first-order valence-electron chi connectivity index (χ1n) is 5.46. The molecule has 1 aromatic rings. The molecular weight excluding hydrogens is 226 g/mol. The molecule has 0 aromatic carbocycles. The van der Waals surface area contributed by atoms with Crippen LogP contribution in [0.15, 0.2) is 12.1 Å². The zero-order valence-electron chi connectivity index (χ0n) is 8.72. The van der Waals surface area contributed by atoms with Crippen LogP contribution in [0.4, 0.5) is 11.5 Å². The van der Waals surface area contributed by atoms with E-state index in [0.29, 0.717) is 16.7 Å². The van der Waals surface area contributed by atoms with E-state index in [2.05, 4.69) is 15.6 Å². The maximum Gasteiger partial charge on any atom is 0.250 e. The summed E-state index contributed by atoms with van der Waals surface area (Å²) in [4.78, 5) is 16.2. The van der Waals surface area contributed by atoms with Gasteiger partial charge in [0, 0.05) is 0 Å². The Kier molecular flexibility index (Phi) is 2.07. The van der Waals surface area contributed by atoms with Gasteiger partial charge in [-0.1, -0.05) is 24.4 Å². The summed E-state index contributed by atoms with van der Waals surface area (Å²) >= 11 is 5.84. The molecule has 1 spiro atoms. The van der Waals surface area contributed by atoms with Crippen molar-refractivity contribution in [3.63, 3.8) is 0 Å². The number of anilines is 2. The largest absolute Gasteiger partial charge is 0.354 e. The molecule has 0 unspecified atom stereocenters. The normalized spacial score (nSPS) is 21.4. The lowest BCUT2D eigenvalue weighted by Gasteiger charge is -2.34. The van der Waals surface area contributed by atoms with Crippen molar-refractivity contribution in [2.75, 3.05) is 10.6 Å². The van der Waals surface area contributed by atoms with Crippen LogP contribution in [0.2, 0.25) is 5.15 Å². The summed E-state index contributed by atoms with van der Waals surface area (Å²) in [6.45, 7) is 0. The fourth-order valence-electron chi connectivity index (χ4n) is 2.49. The minimum atomic E-state index is -0.454. The van der Waals surface area contributed by atoms with Crippen molar-refractivity contribution in [2.24, 2.45) is 0 Å². The van der Waals surface area contributed by atoms with E-state index >= 15 is 0 Å². The molecule has 1 aliphatic carbocycles. The molecule has 3 rings (SSSR count). The SMILES string of the molecule is O=C1Nc2ccc(Cl)nc2NC12CCCC2. The van der Waals surface area contributed by atoms with E-state index in [-0.39, 0.29) is 5.91 Å². The molecule has 1 saturated carbocycles. The second kappa shape index (κ2) is 3.35. The van der Waals surface area contributed by atoms with Crippen LogP contribution < -0.4 is 10.6 Å². The number of hydrogen-bond acceptors (Lipinski definition) is 3. The van der Waals surface area contributed by atoms with Gasteiger partial charge in [-0.25, -0.2) is 4.98 Å². The Hall–Kier alpha value is -1.29. The van der Waals surface area contributed by atoms with E-state index in [9.17, 15) is 4.79 Å². The Bertz CT molecular complexity index is 455. The number of nitrogens with zero attached hydrogens (tertiary/aromatic N) is 1. The molecule has 0 radical (unpaired) electrons. The van der Waals surface area contributed by atoms with Crippen LogP contribution in [0.3, 0.4) is 0 Å². The van der Waals surface area contributed by atoms with Crippen molar-refractivity contribution in [1.29, 1.82) is 0 Å². The third-order valence-corrected chi connectivity index (χ3v) is 3.57. The molecule has 0 saturated heterocycles. The lowest BCUT2D eigenvalue weighted by molar-refractivity contribution is -0.120. The molecule has 2 heterocycles. The second-order valence-electron chi connectivity index (χ2n) is 4.40. The van der Waals surface area contributed by atoms with Gasteiger partial charge in [0.2, 0.25) is 5.91 Å². The van der Waals surface area contributed by atoms with Crippen molar-refractivity contribution in [1.82, 2.24) is 4.98 Å². The molecule has 1 aliphatic heterocycles. The second-order valence-corrected chi connectivity index (χ2v) is 4.79. The van der Waals surface area contributed by atoms with Crippen LogP contribution in [-0.2, 0) is 4.79 Å². The first kappa shape index (κ1) is 9.90. The number of carbonyl (C=O) groups is 1. The van der Waals surface area contributed by atoms with Crippen LogP contribution in [0, 0.1) is 0 Å². The lowest BCUT2D eigenvalue weighted by atomic mass is 9.94. The van der Waals surface area contributed by atoms with Crippen LogP contribution in [-0.4, -0.2) is 16.4 Å². The maximum atomic E-state index is 12.0. The minimum Gasteiger partial charge on any atom is -0.354 e. The number of amides is 1. The number of nitrogens with one attached hydrogen (secondary N) is 2. The molecule has 4 nitrogen and oxygen atoms in total. The summed E-state index contributed by atoms with van der Waals surface area (Å²) < 4.78 is 0. The third-order valence-electron chi connectivity index (χ3n) is 3.36. The predicted octanol–water partition coefficient (Wildman–Crippen LogP) is 2.41. The number of halogens is 1. The number of hydrogen-bond donors (Lipinski definition) is 2. The number of pyridine rings is 1. The number of rotatable bonds is 0. The molecule has 0 atom stereocenters. The highest BCUT2D eigenvalue weighted by Gasteiger charge is 2.44. The highest BCUT2D eigenvalue weighted by Crippen LogP contribution is 2.39. The van der Waals surface area contributed by atoms with Gasteiger partial charge in [-0.15, -0.1) is 0 Å². The van der Waals surface area contributed by atoms with E-state index in [1.807, 2.05) is 0 Å². The minimum absolute atomic E-state index is 0.0571. The zero-order chi connectivity index (χ0) is 11.2. The Balaban J connectivity index is 2.02. The monoisotopic (exact) mass is 237 g/mol. The van der Waals surface area contributed by atoms with E-state index in [4.69, 9.17) is 11.6 Å². The van der Waals surface area contributed by atoms with Gasteiger partial charge < -0.3 is 10.6 Å². The van der Waals surface area contributed by atoms with Gasteiger partial charge in [0.25, 0.3) is 0 Å². The highest BCUT2D eigenvalue weighted by atomic mass is 35.5. The predicted molar refractivity (Wildman–Crippen MR) is 62.7 cm³/mol. The topological polar surface area (TPSA) is 54.0 Å². The lowest BCUT2D eigenvalue weighted by Crippen LogP contribution is -2.50. The molecule has 1 fully saturated rings. The van der Waals surface area contributed by atoms with Crippen molar-refractivity contribution in [2.45, 2.75) is 31.2 Å². The first-order chi connectivity index (χ1) is 7.70. The molecule has 2 aliphatic rings. The Morgan fingerprint density at radius 2 is 2.06 bits per heavy atom. The molecule has 2 N–H and O–H groups in total. The Morgan fingerprint density at radius 3 is 2.81 bits per heavy atom.